The van der Waals surface area contributed by atoms with Crippen LogP contribution in [0.15, 0.2) is 71.7 Å². The first-order valence-corrected chi connectivity index (χ1v) is 14.0. The molecule has 0 aliphatic heterocycles. The van der Waals surface area contributed by atoms with E-state index in [-0.39, 0.29) is 22.7 Å². The normalized spacial score (nSPS) is 11.1. The quantitative estimate of drug-likeness (QED) is 0.166. The Morgan fingerprint density at radius 3 is 2.36 bits per heavy atom. The molecule has 42 heavy (non-hydrogen) atoms. The lowest BCUT2D eigenvalue weighted by atomic mass is 10.1. The minimum atomic E-state index is -3.67. The van der Waals surface area contributed by atoms with Gasteiger partial charge in [0.2, 0.25) is 0 Å². The number of fused-ring (bicyclic) bond motifs is 1. The Hall–Kier alpha value is -5.08. The summed E-state index contributed by atoms with van der Waals surface area (Å²) in [5, 5.41) is 10.0. The van der Waals surface area contributed by atoms with Gasteiger partial charge in [-0.25, -0.2) is 8.78 Å². The van der Waals surface area contributed by atoms with Gasteiger partial charge >= 0.3 is 0 Å². The highest BCUT2D eigenvalue weighted by atomic mass is 32.2. The second-order valence-electron chi connectivity index (χ2n) is 9.24. The topological polar surface area (TPSA) is 169 Å². The van der Waals surface area contributed by atoms with Gasteiger partial charge in [-0.1, -0.05) is 0 Å². The van der Waals surface area contributed by atoms with Crippen LogP contribution < -0.4 is 21.3 Å². The SMILES string of the molecule is CS(=O)(=O)O.Cc1cc(C)n(-c2ccc(F)cc2)c(=O)c1C(=O)Nc1ccc(Oc2cc3cn[nH]c3cc2N)c(F)c1. The average Bonchev–Trinajstić information content (AvgIpc) is 3.32. The third kappa shape index (κ3) is 6.97. The second-order valence-corrected chi connectivity index (χ2v) is 10.7. The summed E-state index contributed by atoms with van der Waals surface area (Å²) in [6.45, 7) is 3.35. The Morgan fingerprint density at radius 2 is 1.71 bits per heavy atom. The van der Waals surface area contributed by atoms with Crippen molar-refractivity contribution in [3.63, 3.8) is 0 Å². The number of hydrogen-bond donors (Lipinski definition) is 4. The van der Waals surface area contributed by atoms with Crippen LogP contribution in [0.4, 0.5) is 20.2 Å². The standard InChI is InChI=1S/C27H21F2N5O3.CH4O3S/c1-14-9-15(2)34(19-6-3-17(28)4-7-19)27(36)25(14)26(35)32-18-5-8-23(20(29)11-18)37-24-10-16-13-31-33-22(16)12-21(24)30;1-5(2,3)4/h3-13H,30H2,1-2H3,(H,31,33)(H,32,35);1H3,(H,2,3,4). The van der Waals surface area contributed by atoms with Crippen LogP contribution in [0.1, 0.15) is 21.6 Å². The van der Waals surface area contributed by atoms with Crippen molar-refractivity contribution >= 4 is 38.3 Å². The molecule has 14 heteroatoms. The van der Waals surface area contributed by atoms with Crippen LogP contribution in [0.25, 0.3) is 16.6 Å². The predicted molar refractivity (Wildman–Crippen MR) is 154 cm³/mol. The van der Waals surface area contributed by atoms with Crippen molar-refractivity contribution in [3.05, 3.63) is 106 Å². The van der Waals surface area contributed by atoms with Crippen molar-refractivity contribution in [1.82, 2.24) is 14.8 Å². The van der Waals surface area contributed by atoms with Gasteiger partial charge in [0.25, 0.3) is 21.6 Å². The summed E-state index contributed by atoms with van der Waals surface area (Å²) in [6, 6.07) is 14.2. The highest BCUT2D eigenvalue weighted by Crippen LogP contribution is 2.33. The first-order valence-electron chi connectivity index (χ1n) is 12.1. The fourth-order valence-electron chi connectivity index (χ4n) is 4.13. The number of nitrogens with one attached hydrogen (secondary N) is 2. The zero-order valence-corrected chi connectivity index (χ0v) is 23.3. The van der Waals surface area contributed by atoms with Gasteiger partial charge in [0.05, 0.1) is 23.7 Å². The number of amides is 1. The lowest BCUT2D eigenvalue weighted by molar-refractivity contribution is 0.102. The van der Waals surface area contributed by atoms with Gasteiger partial charge < -0.3 is 15.8 Å². The number of pyridine rings is 1. The number of nitrogens with zero attached hydrogens (tertiary/aromatic N) is 2. The number of carbonyl (C=O) groups is 1. The fraction of sp³-hybridized carbons (Fsp3) is 0.107. The number of nitrogen functional groups attached to an aromatic ring is 1. The molecule has 0 saturated carbocycles. The Labute approximate surface area is 238 Å². The number of benzene rings is 3. The number of aryl methyl sites for hydroxylation is 2. The molecule has 0 aliphatic rings. The fourth-order valence-corrected chi connectivity index (χ4v) is 4.13. The minimum Gasteiger partial charge on any atom is -0.452 e. The van der Waals surface area contributed by atoms with E-state index in [1.807, 2.05) is 0 Å². The molecule has 5 N–H and O–H groups in total. The first-order chi connectivity index (χ1) is 19.7. The number of aromatic nitrogens is 3. The number of carbonyl (C=O) groups excluding carboxylic acids is 1. The summed E-state index contributed by atoms with van der Waals surface area (Å²) < 4.78 is 61.1. The van der Waals surface area contributed by atoms with Crippen LogP contribution >= 0.6 is 0 Å². The van der Waals surface area contributed by atoms with Gasteiger partial charge in [-0.2, -0.15) is 13.5 Å². The highest BCUT2D eigenvalue weighted by molar-refractivity contribution is 7.85. The van der Waals surface area contributed by atoms with Gasteiger partial charge in [-0.3, -0.25) is 23.8 Å². The van der Waals surface area contributed by atoms with Crippen LogP contribution in [-0.2, 0) is 10.1 Å². The lowest BCUT2D eigenvalue weighted by Gasteiger charge is -2.15. The lowest BCUT2D eigenvalue weighted by Crippen LogP contribution is -2.31. The molecule has 0 saturated heterocycles. The Morgan fingerprint density at radius 1 is 1.05 bits per heavy atom. The number of halogens is 2. The third-order valence-corrected chi connectivity index (χ3v) is 5.88. The van der Waals surface area contributed by atoms with Crippen LogP contribution in [0.2, 0.25) is 0 Å². The molecule has 0 spiro atoms. The van der Waals surface area contributed by atoms with E-state index in [1.165, 1.54) is 41.0 Å². The molecule has 0 unspecified atom stereocenters. The number of rotatable bonds is 5. The van der Waals surface area contributed by atoms with Gasteiger partial charge in [0.15, 0.2) is 17.3 Å². The van der Waals surface area contributed by atoms with Crippen molar-refractivity contribution in [2.45, 2.75) is 13.8 Å². The summed E-state index contributed by atoms with van der Waals surface area (Å²) in [7, 11) is -3.67. The maximum Gasteiger partial charge on any atom is 0.268 e. The monoisotopic (exact) mass is 597 g/mol. The summed E-state index contributed by atoms with van der Waals surface area (Å²) >= 11 is 0. The van der Waals surface area contributed by atoms with E-state index in [0.29, 0.717) is 34.4 Å². The van der Waals surface area contributed by atoms with Crippen molar-refractivity contribution in [2.24, 2.45) is 0 Å². The molecule has 11 nitrogen and oxygen atoms in total. The molecule has 3 aromatic carbocycles. The van der Waals surface area contributed by atoms with Gasteiger partial charge in [0.1, 0.15) is 11.4 Å². The number of H-pyrrole nitrogens is 1. The molecule has 0 atom stereocenters. The molecule has 1 amide bonds. The molecule has 2 heterocycles. The van der Waals surface area contributed by atoms with Crippen molar-refractivity contribution in [2.75, 3.05) is 17.3 Å². The van der Waals surface area contributed by atoms with Crippen LogP contribution in [0, 0.1) is 25.5 Å². The summed E-state index contributed by atoms with van der Waals surface area (Å²) in [5.74, 6) is -1.74. The Kier molecular flexibility index (Phi) is 8.40. The van der Waals surface area contributed by atoms with E-state index in [2.05, 4.69) is 15.5 Å². The smallest absolute Gasteiger partial charge is 0.268 e. The number of nitrogens with two attached hydrogens (primary N) is 1. The van der Waals surface area contributed by atoms with Crippen molar-refractivity contribution in [3.8, 4) is 17.2 Å². The van der Waals surface area contributed by atoms with E-state index in [4.69, 9.17) is 15.0 Å². The van der Waals surface area contributed by atoms with E-state index in [0.717, 1.165) is 11.5 Å². The van der Waals surface area contributed by atoms with E-state index < -0.39 is 33.2 Å². The molecule has 5 rings (SSSR count). The van der Waals surface area contributed by atoms with Crippen LogP contribution in [-0.4, -0.2) is 39.9 Å². The van der Waals surface area contributed by atoms with Crippen LogP contribution in [0.3, 0.4) is 0 Å². The molecule has 218 valence electrons. The predicted octanol–water partition coefficient (Wildman–Crippen LogP) is 4.74. The summed E-state index contributed by atoms with van der Waals surface area (Å²) in [6.07, 6.45) is 2.31. The molecular formula is C28H25F2N5O6S. The molecule has 5 aromatic rings. The zero-order chi connectivity index (χ0) is 30.8. The zero-order valence-electron chi connectivity index (χ0n) is 22.5. The maximum absolute atomic E-state index is 14.9. The third-order valence-electron chi connectivity index (χ3n) is 5.88. The summed E-state index contributed by atoms with van der Waals surface area (Å²) in [5.41, 5.74) is 7.88. The largest absolute Gasteiger partial charge is 0.452 e. The molecule has 0 radical (unpaired) electrons. The van der Waals surface area contributed by atoms with Crippen molar-refractivity contribution < 1.29 is 31.3 Å². The van der Waals surface area contributed by atoms with E-state index in [9.17, 15) is 26.8 Å². The first kappa shape index (κ1) is 29.9. The second kappa shape index (κ2) is 11.8. The Bertz CT molecular complexity index is 1960. The molecule has 2 aromatic heterocycles. The number of aromatic amines is 1. The molecular weight excluding hydrogens is 572 g/mol. The number of ether oxygens (including phenoxy) is 1. The van der Waals surface area contributed by atoms with E-state index in [1.54, 1.807) is 38.2 Å². The minimum absolute atomic E-state index is 0.0993. The van der Waals surface area contributed by atoms with Crippen molar-refractivity contribution in [1.29, 1.82) is 0 Å². The Balaban J connectivity index is 0.000000748. The number of anilines is 2. The number of hydrogen-bond acceptors (Lipinski definition) is 7. The van der Waals surface area contributed by atoms with Crippen LogP contribution in [0.5, 0.6) is 11.5 Å². The molecule has 0 aliphatic carbocycles. The maximum atomic E-state index is 14.9. The molecule has 0 fully saturated rings. The molecule has 0 bridgehead atoms. The average molecular weight is 598 g/mol. The highest BCUT2D eigenvalue weighted by Gasteiger charge is 2.20. The van der Waals surface area contributed by atoms with E-state index >= 15 is 0 Å². The summed E-state index contributed by atoms with van der Waals surface area (Å²) in [4.78, 5) is 26.3. The van der Waals surface area contributed by atoms with Gasteiger partial charge in [0, 0.05) is 28.5 Å². The van der Waals surface area contributed by atoms with Gasteiger partial charge in [-0.05, 0) is 74.0 Å². The van der Waals surface area contributed by atoms with Gasteiger partial charge in [-0.15, -0.1) is 0 Å².